The van der Waals surface area contributed by atoms with E-state index in [0.717, 1.165) is 33.2 Å². The summed E-state index contributed by atoms with van der Waals surface area (Å²) in [6, 6.07) is 6.11. The standard InChI is InChI=1S/C22H25F2N5O5S2/c1-21(16-10-14(4-6-17(16)24)11-19(30)18-7-5-15(23)12-26-18)22(8-9-29(13-22)35(3,31)32)36(33,34)28(2)20(25)27-21/h4-7,10,12H,8-9,11,13H2,1-3H3,(H2,25,27)/t21-,22-/m1/s1. The molecule has 2 atom stereocenters. The fourth-order valence-corrected chi connectivity index (χ4v) is 7.95. The van der Waals surface area contributed by atoms with Crippen LogP contribution in [0.1, 0.15) is 35.0 Å². The number of Topliss-reactive ketones (excluding diaryl/α,β-unsaturated/α-hetero) is 1. The summed E-state index contributed by atoms with van der Waals surface area (Å²) < 4.78 is 80.5. The molecule has 10 nitrogen and oxygen atoms in total. The molecule has 1 aromatic heterocycles. The molecule has 0 aliphatic carbocycles. The van der Waals surface area contributed by atoms with Crippen LogP contribution in [0.5, 0.6) is 0 Å². The van der Waals surface area contributed by atoms with Gasteiger partial charge in [0.05, 0.1) is 12.5 Å². The normalized spacial score (nSPS) is 26.2. The Bertz CT molecular complexity index is 1480. The minimum atomic E-state index is -4.31. The molecule has 2 aliphatic rings. The maximum atomic E-state index is 15.4. The molecule has 0 bridgehead atoms. The average molecular weight is 542 g/mol. The van der Waals surface area contributed by atoms with Gasteiger partial charge in [-0.1, -0.05) is 6.07 Å². The zero-order chi connectivity index (χ0) is 26.7. The van der Waals surface area contributed by atoms with E-state index in [1.54, 1.807) is 0 Å². The van der Waals surface area contributed by atoms with E-state index in [-0.39, 0.29) is 36.6 Å². The number of guanidine groups is 1. The second-order valence-corrected chi connectivity index (χ2v) is 13.4. The van der Waals surface area contributed by atoms with E-state index in [2.05, 4.69) is 9.98 Å². The number of carbonyl (C=O) groups is 1. The number of aromatic nitrogens is 1. The van der Waals surface area contributed by atoms with Crippen LogP contribution in [-0.2, 0) is 32.0 Å². The van der Waals surface area contributed by atoms with Gasteiger partial charge in [0.15, 0.2) is 5.78 Å². The molecule has 2 N–H and O–H groups in total. The minimum absolute atomic E-state index is 0.00804. The van der Waals surface area contributed by atoms with Crippen molar-refractivity contribution < 1.29 is 30.4 Å². The van der Waals surface area contributed by atoms with Crippen LogP contribution in [0.4, 0.5) is 8.78 Å². The maximum absolute atomic E-state index is 15.4. The number of pyridine rings is 1. The zero-order valence-electron chi connectivity index (χ0n) is 19.8. The van der Waals surface area contributed by atoms with E-state index in [1.807, 2.05) is 0 Å². The second kappa shape index (κ2) is 8.56. The minimum Gasteiger partial charge on any atom is -0.369 e. The van der Waals surface area contributed by atoms with Gasteiger partial charge in [0.2, 0.25) is 26.0 Å². The van der Waals surface area contributed by atoms with Crippen LogP contribution < -0.4 is 5.73 Å². The summed E-state index contributed by atoms with van der Waals surface area (Å²) in [5, 5.41) is 0. The van der Waals surface area contributed by atoms with Crippen molar-refractivity contribution in [1.29, 1.82) is 0 Å². The smallest absolute Gasteiger partial charge is 0.247 e. The highest BCUT2D eigenvalue weighted by Gasteiger charge is 2.66. The Morgan fingerprint density at radius 2 is 1.92 bits per heavy atom. The fraction of sp³-hybridized carbons (Fsp3) is 0.409. The number of halogens is 2. The molecule has 1 fully saturated rings. The number of sulfonamides is 2. The number of ketones is 1. The summed E-state index contributed by atoms with van der Waals surface area (Å²) in [4.78, 5) is 20.8. The molecule has 0 unspecified atom stereocenters. The summed E-state index contributed by atoms with van der Waals surface area (Å²) >= 11 is 0. The van der Waals surface area contributed by atoms with Gasteiger partial charge in [0.25, 0.3) is 0 Å². The van der Waals surface area contributed by atoms with Crippen molar-refractivity contribution in [2.24, 2.45) is 10.7 Å². The van der Waals surface area contributed by atoms with E-state index < -0.39 is 54.3 Å². The van der Waals surface area contributed by atoms with Crippen molar-refractivity contribution in [2.75, 3.05) is 26.4 Å². The number of rotatable bonds is 5. The first kappa shape index (κ1) is 26.1. The van der Waals surface area contributed by atoms with Crippen molar-refractivity contribution in [2.45, 2.75) is 30.1 Å². The maximum Gasteiger partial charge on any atom is 0.247 e. The monoisotopic (exact) mass is 541 g/mol. The molecule has 0 radical (unpaired) electrons. The third-order valence-electron chi connectivity index (χ3n) is 7.00. The molecule has 3 heterocycles. The van der Waals surface area contributed by atoms with E-state index in [4.69, 9.17) is 5.73 Å². The van der Waals surface area contributed by atoms with Crippen LogP contribution in [0.15, 0.2) is 41.5 Å². The second-order valence-electron chi connectivity index (χ2n) is 9.13. The molecular formula is C22H25F2N5O5S2. The van der Waals surface area contributed by atoms with Crippen molar-refractivity contribution in [3.8, 4) is 0 Å². The molecular weight excluding hydrogens is 516 g/mol. The average Bonchev–Trinajstić information content (AvgIpc) is 3.28. The number of nitrogens with two attached hydrogens (primary N) is 1. The molecule has 1 aromatic carbocycles. The Kier molecular flexibility index (Phi) is 6.21. The summed E-state index contributed by atoms with van der Waals surface area (Å²) in [5.74, 6) is -2.23. The van der Waals surface area contributed by atoms with Crippen LogP contribution >= 0.6 is 0 Å². The van der Waals surface area contributed by atoms with Gasteiger partial charge in [-0.2, -0.15) is 0 Å². The van der Waals surface area contributed by atoms with Crippen molar-refractivity contribution in [3.63, 3.8) is 0 Å². The van der Waals surface area contributed by atoms with Gasteiger partial charge in [0.1, 0.15) is 27.6 Å². The molecule has 0 saturated carbocycles. The van der Waals surface area contributed by atoms with Crippen molar-refractivity contribution in [3.05, 3.63) is 65.0 Å². The highest BCUT2D eigenvalue weighted by molar-refractivity contribution is 7.91. The van der Waals surface area contributed by atoms with Crippen molar-refractivity contribution in [1.82, 2.24) is 13.6 Å². The van der Waals surface area contributed by atoms with Crippen LogP contribution in [-0.4, -0.2) is 73.3 Å². The van der Waals surface area contributed by atoms with E-state index in [1.165, 1.54) is 32.2 Å². The third kappa shape index (κ3) is 3.96. The fourth-order valence-electron chi connectivity index (χ4n) is 4.85. The zero-order valence-corrected chi connectivity index (χ0v) is 21.4. The first-order valence-corrected chi connectivity index (χ1v) is 14.1. The topological polar surface area (TPSA) is 143 Å². The third-order valence-corrected chi connectivity index (χ3v) is 10.9. The lowest BCUT2D eigenvalue weighted by molar-refractivity contribution is 0.0988. The van der Waals surface area contributed by atoms with Gasteiger partial charge >= 0.3 is 0 Å². The lowest BCUT2D eigenvalue weighted by Crippen LogP contribution is -2.66. The summed E-state index contributed by atoms with van der Waals surface area (Å²) in [5.41, 5.74) is 4.32. The number of nitrogens with zero attached hydrogens (tertiary/aromatic N) is 4. The van der Waals surface area contributed by atoms with Gasteiger partial charge in [-0.15, -0.1) is 0 Å². The van der Waals surface area contributed by atoms with Crippen LogP contribution in [0.2, 0.25) is 0 Å². The molecule has 1 spiro atoms. The van der Waals surface area contributed by atoms with Crippen LogP contribution in [0.3, 0.4) is 0 Å². The first-order valence-electron chi connectivity index (χ1n) is 10.8. The Balaban J connectivity index is 1.84. The lowest BCUT2D eigenvalue weighted by atomic mass is 9.77. The summed E-state index contributed by atoms with van der Waals surface area (Å²) in [6.07, 6.45) is 1.50. The van der Waals surface area contributed by atoms with Crippen LogP contribution in [0.25, 0.3) is 0 Å². The number of carbonyl (C=O) groups excluding carboxylic acids is 1. The molecule has 194 valence electrons. The number of hydrogen-bond donors (Lipinski definition) is 1. The largest absolute Gasteiger partial charge is 0.369 e. The highest BCUT2D eigenvalue weighted by Crippen LogP contribution is 2.52. The molecule has 2 aliphatic heterocycles. The molecule has 2 aromatic rings. The van der Waals surface area contributed by atoms with E-state index in [9.17, 15) is 26.0 Å². The molecule has 1 saturated heterocycles. The predicted molar refractivity (Wildman–Crippen MR) is 128 cm³/mol. The highest BCUT2D eigenvalue weighted by atomic mass is 32.2. The number of aliphatic imine (C=N–C) groups is 1. The van der Waals surface area contributed by atoms with Gasteiger partial charge < -0.3 is 5.73 Å². The lowest BCUT2D eigenvalue weighted by Gasteiger charge is -2.48. The molecule has 4 rings (SSSR count). The quantitative estimate of drug-likeness (QED) is 0.556. The summed E-state index contributed by atoms with van der Waals surface area (Å²) in [7, 11) is -6.86. The Labute approximate surface area is 207 Å². The number of hydrogen-bond acceptors (Lipinski definition) is 8. The first-order chi connectivity index (χ1) is 16.6. The predicted octanol–water partition coefficient (Wildman–Crippen LogP) is 0.994. The number of benzene rings is 1. The van der Waals surface area contributed by atoms with Crippen LogP contribution in [0, 0.1) is 11.6 Å². The van der Waals surface area contributed by atoms with Gasteiger partial charge in [-0.3, -0.25) is 9.78 Å². The molecule has 0 amide bonds. The molecule has 36 heavy (non-hydrogen) atoms. The van der Waals surface area contributed by atoms with Crippen molar-refractivity contribution >= 4 is 31.8 Å². The van der Waals surface area contributed by atoms with E-state index >= 15 is 4.39 Å². The Hall–Kier alpha value is -2.97. The van der Waals surface area contributed by atoms with Gasteiger partial charge in [-0.05, 0) is 43.2 Å². The van der Waals surface area contributed by atoms with Gasteiger partial charge in [-0.25, -0.2) is 39.2 Å². The Morgan fingerprint density at radius 3 is 2.50 bits per heavy atom. The SMILES string of the molecule is CN1C(N)=N[C@](C)(c2cc(CC(=O)c3ccc(F)cn3)ccc2F)[C@]2(CCN(S(C)(=O)=O)C2)S1(=O)=O. The van der Waals surface area contributed by atoms with Gasteiger partial charge in [0, 0.05) is 32.1 Å². The summed E-state index contributed by atoms with van der Waals surface area (Å²) in [6.45, 7) is 0.850. The van der Waals surface area contributed by atoms with E-state index in [0.29, 0.717) is 5.56 Å². The Morgan fingerprint density at radius 1 is 1.22 bits per heavy atom. The molecule has 14 heteroatoms.